The Balaban J connectivity index is 1.49. The summed E-state index contributed by atoms with van der Waals surface area (Å²) in [4.78, 5) is 23.5. The van der Waals surface area contributed by atoms with Gasteiger partial charge in [0.1, 0.15) is 11.2 Å². The molecule has 0 unspecified atom stereocenters. The number of nitrogens with zero attached hydrogens (tertiary/aromatic N) is 5. The molecule has 0 bridgehead atoms. The summed E-state index contributed by atoms with van der Waals surface area (Å²) in [6.45, 7) is 10.5. The Morgan fingerprint density at radius 3 is 2.79 bits per heavy atom. The normalized spacial score (nSPS) is 12.2. The van der Waals surface area contributed by atoms with Crippen LogP contribution in [0.3, 0.4) is 0 Å². The summed E-state index contributed by atoms with van der Waals surface area (Å²) in [5, 5.41) is 15.7. The van der Waals surface area contributed by atoms with Crippen LogP contribution in [-0.4, -0.2) is 36.2 Å². The van der Waals surface area contributed by atoms with E-state index in [1.807, 2.05) is 9.78 Å². The molecule has 0 saturated heterocycles. The first-order chi connectivity index (χ1) is 13.2. The van der Waals surface area contributed by atoms with Gasteiger partial charge in [-0.05, 0) is 19.4 Å². The van der Waals surface area contributed by atoms with Crippen LogP contribution in [0.1, 0.15) is 36.9 Å². The number of thiazole rings is 1. The van der Waals surface area contributed by atoms with Crippen LogP contribution in [0.25, 0.3) is 15.9 Å². The van der Waals surface area contributed by atoms with Crippen LogP contribution >= 0.6 is 34.4 Å². The van der Waals surface area contributed by atoms with E-state index in [0.29, 0.717) is 10.3 Å². The first-order valence-corrected chi connectivity index (χ1v) is 11.4. The number of thioether (sulfide) groups is 1. The average molecular weight is 433 g/mol. The van der Waals surface area contributed by atoms with E-state index >= 15 is 0 Å². The fourth-order valence-electron chi connectivity index (χ4n) is 2.68. The molecule has 0 aliphatic carbocycles. The van der Waals surface area contributed by atoms with E-state index in [-0.39, 0.29) is 17.1 Å². The van der Waals surface area contributed by atoms with E-state index < -0.39 is 0 Å². The number of amides is 1. The highest BCUT2D eigenvalue weighted by atomic mass is 32.2. The number of fused-ring (bicyclic) bond motifs is 3. The number of carbonyl (C=O) groups is 1. The zero-order valence-corrected chi connectivity index (χ0v) is 18.7. The second-order valence-corrected chi connectivity index (χ2v) is 10.5. The van der Waals surface area contributed by atoms with Crippen molar-refractivity contribution in [3.05, 3.63) is 27.8 Å². The molecule has 0 atom stereocenters. The van der Waals surface area contributed by atoms with E-state index in [1.165, 1.54) is 33.5 Å². The van der Waals surface area contributed by atoms with E-state index in [4.69, 9.17) is 0 Å². The minimum Gasteiger partial charge on any atom is -0.301 e. The Bertz CT molecular complexity index is 1180. The van der Waals surface area contributed by atoms with Crippen LogP contribution in [0.4, 0.5) is 5.13 Å². The Hall–Kier alpha value is -2.04. The second kappa shape index (κ2) is 7.09. The summed E-state index contributed by atoms with van der Waals surface area (Å²) in [6.07, 6.45) is 1.73. The summed E-state index contributed by atoms with van der Waals surface area (Å²) in [5.74, 6) is 0.110. The van der Waals surface area contributed by atoms with Gasteiger partial charge < -0.3 is 5.32 Å². The highest BCUT2D eigenvalue weighted by molar-refractivity contribution is 7.99. The molecule has 10 heteroatoms. The third kappa shape index (κ3) is 3.51. The topological polar surface area (TPSA) is 85.1 Å². The summed E-state index contributed by atoms with van der Waals surface area (Å²) in [6, 6.07) is 0. The van der Waals surface area contributed by atoms with Crippen LogP contribution < -0.4 is 5.32 Å². The number of hydrogen-bond acceptors (Lipinski definition) is 8. The van der Waals surface area contributed by atoms with Gasteiger partial charge in [0.05, 0.1) is 16.8 Å². The number of hydrogen-bond donors (Lipinski definition) is 1. The minimum atomic E-state index is -0.117. The van der Waals surface area contributed by atoms with Crippen LogP contribution in [0.15, 0.2) is 16.9 Å². The van der Waals surface area contributed by atoms with Gasteiger partial charge in [0, 0.05) is 15.7 Å². The SMILES string of the molecule is Cc1sc2ncn3c(SCC(=O)Nc4nc(C(C)(C)C)cs4)nnc3c2c1C. The maximum absolute atomic E-state index is 12.3. The van der Waals surface area contributed by atoms with Crippen molar-refractivity contribution in [2.75, 3.05) is 11.1 Å². The van der Waals surface area contributed by atoms with Gasteiger partial charge in [0.25, 0.3) is 0 Å². The molecule has 1 amide bonds. The number of nitrogens with one attached hydrogen (secondary N) is 1. The first-order valence-electron chi connectivity index (χ1n) is 8.72. The van der Waals surface area contributed by atoms with Crippen molar-refractivity contribution >= 4 is 61.3 Å². The van der Waals surface area contributed by atoms with Crippen LogP contribution in [0.5, 0.6) is 0 Å². The number of aryl methyl sites for hydroxylation is 2. The van der Waals surface area contributed by atoms with Gasteiger partial charge in [-0.15, -0.1) is 32.9 Å². The second-order valence-electron chi connectivity index (χ2n) is 7.51. The molecule has 0 aliphatic rings. The maximum Gasteiger partial charge on any atom is 0.236 e. The molecule has 0 aromatic carbocycles. The molecule has 4 heterocycles. The molecule has 4 aromatic heterocycles. The molecule has 7 nitrogen and oxygen atoms in total. The third-order valence-electron chi connectivity index (χ3n) is 4.40. The van der Waals surface area contributed by atoms with Crippen molar-refractivity contribution in [1.82, 2.24) is 24.6 Å². The van der Waals surface area contributed by atoms with Gasteiger partial charge in [0.2, 0.25) is 5.91 Å². The zero-order valence-electron chi connectivity index (χ0n) is 16.2. The van der Waals surface area contributed by atoms with Crippen LogP contribution in [0, 0.1) is 13.8 Å². The molecule has 0 saturated carbocycles. The summed E-state index contributed by atoms with van der Waals surface area (Å²) in [7, 11) is 0. The molecular formula is C18H20N6OS3. The van der Waals surface area contributed by atoms with Gasteiger partial charge in [-0.3, -0.25) is 9.20 Å². The fraction of sp³-hybridized carbons (Fsp3) is 0.389. The predicted molar refractivity (Wildman–Crippen MR) is 116 cm³/mol. The van der Waals surface area contributed by atoms with Crippen molar-refractivity contribution in [2.45, 2.75) is 45.2 Å². The Morgan fingerprint density at radius 1 is 1.29 bits per heavy atom. The van der Waals surface area contributed by atoms with Gasteiger partial charge in [-0.25, -0.2) is 9.97 Å². The molecule has 4 aromatic rings. The number of aromatic nitrogens is 5. The minimum absolute atomic E-state index is 0.0366. The smallest absolute Gasteiger partial charge is 0.236 e. The van der Waals surface area contributed by atoms with Gasteiger partial charge in [-0.1, -0.05) is 32.5 Å². The molecular weight excluding hydrogens is 412 g/mol. The molecule has 1 N–H and O–H groups in total. The van der Waals surface area contributed by atoms with Gasteiger partial charge >= 0.3 is 0 Å². The predicted octanol–water partition coefficient (Wildman–Crippen LogP) is 4.44. The van der Waals surface area contributed by atoms with Crippen molar-refractivity contribution in [2.24, 2.45) is 0 Å². The fourth-order valence-corrected chi connectivity index (χ4v) is 5.33. The lowest BCUT2D eigenvalue weighted by Crippen LogP contribution is -2.15. The largest absolute Gasteiger partial charge is 0.301 e. The lowest BCUT2D eigenvalue weighted by molar-refractivity contribution is -0.113. The van der Waals surface area contributed by atoms with E-state index in [9.17, 15) is 4.79 Å². The molecule has 146 valence electrons. The lowest BCUT2D eigenvalue weighted by Gasteiger charge is -2.14. The van der Waals surface area contributed by atoms with Crippen molar-refractivity contribution in [3.63, 3.8) is 0 Å². The zero-order chi connectivity index (χ0) is 20.1. The highest BCUT2D eigenvalue weighted by Crippen LogP contribution is 2.32. The van der Waals surface area contributed by atoms with Crippen LogP contribution in [-0.2, 0) is 10.2 Å². The van der Waals surface area contributed by atoms with Gasteiger partial charge in [-0.2, -0.15) is 0 Å². The molecule has 0 radical (unpaired) electrons. The first kappa shape index (κ1) is 19.3. The number of carbonyl (C=O) groups excluding carboxylic acids is 1. The van der Waals surface area contributed by atoms with Crippen molar-refractivity contribution in [3.8, 4) is 0 Å². The summed E-state index contributed by atoms with van der Waals surface area (Å²) < 4.78 is 1.85. The van der Waals surface area contributed by atoms with E-state index in [0.717, 1.165) is 21.6 Å². The third-order valence-corrected chi connectivity index (χ3v) is 7.21. The summed E-state index contributed by atoms with van der Waals surface area (Å²) >= 11 is 4.43. The lowest BCUT2D eigenvalue weighted by atomic mass is 9.93. The molecule has 28 heavy (non-hydrogen) atoms. The summed E-state index contributed by atoms with van der Waals surface area (Å²) in [5.41, 5.74) is 2.90. The van der Waals surface area contributed by atoms with E-state index in [2.05, 4.69) is 60.1 Å². The molecule has 0 spiro atoms. The number of thiophene rings is 1. The monoisotopic (exact) mass is 432 g/mol. The molecule has 0 fully saturated rings. The van der Waals surface area contributed by atoms with Gasteiger partial charge in [0.15, 0.2) is 15.9 Å². The maximum atomic E-state index is 12.3. The van der Waals surface area contributed by atoms with Crippen molar-refractivity contribution in [1.29, 1.82) is 0 Å². The molecule has 0 aliphatic heterocycles. The average Bonchev–Trinajstić information content (AvgIpc) is 3.31. The quantitative estimate of drug-likeness (QED) is 0.480. The standard InChI is InChI=1S/C18H20N6OS3/c1-9-10(2)28-15-13(9)14-22-23-17(24(14)8-19-15)27-7-12(25)21-16-20-11(6-26-16)18(3,4)5/h6,8H,7H2,1-5H3,(H,20,21,25). The Morgan fingerprint density at radius 2 is 2.07 bits per heavy atom. The number of anilines is 1. The Labute approximate surface area is 174 Å². The Kier molecular flexibility index (Phi) is 4.88. The van der Waals surface area contributed by atoms with Crippen molar-refractivity contribution < 1.29 is 4.79 Å². The van der Waals surface area contributed by atoms with E-state index in [1.54, 1.807) is 17.7 Å². The number of rotatable bonds is 4. The van der Waals surface area contributed by atoms with Crippen LogP contribution in [0.2, 0.25) is 0 Å². The molecule has 4 rings (SSSR count). The highest BCUT2D eigenvalue weighted by Gasteiger charge is 2.19.